The van der Waals surface area contributed by atoms with Crippen LogP contribution in [0.25, 0.3) is 10.9 Å². The van der Waals surface area contributed by atoms with Gasteiger partial charge in [-0.1, -0.05) is 54.6 Å². The molecule has 1 fully saturated rings. The van der Waals surface area contributed by atoms with Gasteiger partial charge in [0.2, 0.25) is 5.56 Å². The second kappa shape index (κ2) is 14.6. The molecule has 0 aliphatic carbocycles. The van der Waals surface area contributed by atoms with E-state index < -0.39 is 11.9 Å². The number of aromatic hydroxyl groups is 2. The Kier molecular flexibility index (Phi) is 10.1. The number of pyridine rings is 1. The largest absolute Gasteiger partial charge is 0.508 e. The van der Waals surface area contributed by atoms with Crippen LogP contribution in [0.2, 0.25) is 0 Å². The molecule has 1 aliphatic rings. The number of hydrogen-bond acceptors (Lipinski definition) is 7. The van der Waals surface area contributed by atoms with E-state index >= 15 is 0 Å². The van der Waals surface area contributed by atoms with Crippen LogP contribution in [0.3, 0.4) is 0 Å². The van der Waals surface area contributed by atoms with E-state index in [4.69, 9.17) is 4.74 Å². The first kappa shape index (κ1) is 33.2. The maximum Gasteiger partial charge on any atom is 0.248 e. The molecular weight excluding hydrogens is 609 g/mol. The van der Waals surface area contributed by atoms with Crippen LogP contribution in [0.1, 0.15) is 53.2 Å². The number of likely N-dealkylation sites (tertiary alicyclic amines) is 1. The average molecular weight is 652 g/mol. The topological polar surface area (TPSA) is 118 Å². The van der Waals surface area contributed by atoms with Crippen molar-refractivity contribution < 1.29 is 24.4 Å². The minimum atomic E-state index is -0.913. The lowest BCUT2D eigenvalue weighted by Crippen LogP contribution is -2.41. The minimum absolute atomic E-state index is 0.0707. The van der Waals surface area contributed by atoms with Gasteiger partial charge in [0.25, 0.3) is 0 Å². The van der Waals surface area contributed by atoms with E-state index in [1.807, 2.05) is 12.1 Å². The number of aromatic amines is 1. The molecule has 5 aromatic rings. The van der Waals surface area contributed by atoms with Gasteiger partial charge in [-0.3, -0.25) is 4.79 Å². The van der Waals surface area contributed by atoms with Gasteiger partial charge in [-0.15, -0.1) is 0 Å². The van der Waals surface area contributed by atoms with Crippen LogP contribution in [-0.4, -0.2) is 58.5 Å². The highest BCUT2D eigenvalue weighted by Gasteiger charge is 2.39. The van der Waals surface area contributed by atoms with Crippen LogP contribution in [0, 0.1) is 5.82 Å². The first-order valence-electron chi connectivity index (χ1n) is 16.4. The summed E-state index contributed by atoms with van der Waals surface area (Å²) in [5.41, 5.74) is 4.24. The molecule has 1 saturated heterocycles. The second-order valence-electron chi connectivity index (χ2n) is 12.8. The molecule has 4 aromatic carbocycles. The number of nitrogens with zero attached hydrogens (tertiary/aromatic N) is 1. The molecule has 5 N–H and O–H groups in total. The molecule has 48 heavy (non-hydrogen) atoms. The van der Waals surface area contributed by atoms with Crippen LogP contribution >= 0.6 is 0 Å². The molecule has 0 unspecified atom stereocenters. The van der Waals surface area contributed by atoms with Crippen LogP contribution in [0.4, 0.5) is 4.39 Å². The first-order valence-corrected chi connectivity index (χ1v) is 16.4. The fourth-order valence-corrected chi connectivity index (χ4v) is 6.84. The molecule has 1 aliphatic heterocycles. The summed E-state index contributed by atoms with van der Waals surface area (Å²) in [6, 6.07) is 27.2. The normalized spacial score (nSPS) is 15.4. The summed E-state index contributed by atoms with van der Waals surface area (Å²) in [5, 5.41) is 35.6. The van der Waals surface area contributed by atoms with Gasteiger partial charge >= 0.3 is 0 Å². The monoisotopic (exact) mass is 651 g/mol. The number of ether oxygens (including phenoxy) is 1. The molecule has 1 atom stereocenters. The predicted molar refractivity (Wildman–Crippen MR) is 185 cm³/mol. The third kappa shape index (κ3) is 7.23. The number of rotatable bonds is 12. The van der Waals surface area contributed by atoms with Gasteiger partial charge in [0, 0.05) is 35.5 Å². The zero-order chi connectivity index (χ0) is 33.7. The number of H-pyrrole nitrogens is 1. The lowest BCUT2D eigenvalue weighted by atomic mass is 9.67. The molecule has 0 radical (unpaired) electrons. The zero-order valence-corrected chi connectivity index (χ0v) is 27.1. The van der Waals surface area contributed by atoms with Crippen molar-refractivity contribution in [3.05, 3.63) is 135 Å². The van der Waals surface area contributed by atoms with Gasteiger partial charge in [-0.05, 0) is 98.4 Å². The van der Waals surface area contributed by atoms with Crippen molar-refractivity contribution in [3.8, 4) is 17.2 Å². The Hall–Kier alpha value is -4.70. The summed E-state index contributed by atoms with van der Waals surface area (Å²) in [6.07, 6.45) is 2.36. The van der Waals surface area contributed by atoms with Gasteiger partial charge in [0.05, 0.1) is 18.2 Å². The zero-order valence-electron chi connectivity index (χ0n) is 27.1. The Bertz CT molecular complexity index is 1920. The van der Waals surface area contributed by atoms with Crippen molar-refractivity contribution in [1.82, 2.24) is 15.2 Å². The van der Waals surface area contributed by atoms with E-state index in [0.717, 1.165) is 43.5 Å². The number of aliphatic hydroxyl groups is 1. The van der Waals surface area contributed by atoms with Crippen LogP contribution in [0.5, 0.6) is 17.2 Å². The Morgan fingerprint density at radius 2 is 1.69 bits per heavy atom. The van der Waals surface area contributed by atoms with E-state index in [1.165, 1.54) is 23.8 Å². The van der Waals surface area contributed by atoms with Gasteiger partial charge in [-0.2, -0.15) is 0 Å². The number of piperidine rings is 1. The summed E-state index contributed by atoms with van der Waals surface area (Å²) in [6.45, 7) is 2.76. The molecule has 9 heteroatoms. The number of phenolic OH excluding ortho intramolecular Hbond substituents is 2. The lowest BCUT2D eigenvalue weighted by molar-refractivity contribution is 0.176. The molecule has 2 heterocycles. The third-order valence-electron chi connectivity index (χ3n) is 9.54. The van der Waals surface area contributed by atoms with Crippen LogP contribution < -0.4 is 15.6 Å². The highest BCUT2D eigenvalue weighted by molar-refractivity contribution is 5.87. The number of aliphatic hydroxyl groups excluding tert-OH is 1. The fraction of sp³-hybridized carbons (Fsp3) is 0.308. The van der Waals surface area contributed by atoms with E-state index in [1.54, 1.807) is 30.3 Å². The van der Waals surface area contributed by atoms with Gasteiger partial charge in [0.1, 0.15) is 11.5 Å². The lowest BCUT2D eigenvalue weighted by Gasteiger charge is -2.42. The standard InChI is InChI=1S/C39H42FN3O5/c1-43-19-17-39(18-20-43,28-7-3-2-4-8-28)31-22-26(9-13-33(31)44)6-5-21-48-36-15-10-27(23-32(36)40)24-41-25-35(46)29-11-14-34(45)38-30(29)12-16-37(47)42-38/h2-4,7-16,22-23,35,41,44-46H,5-6,17-21,24-25H2,1H3,(H,42,47)/t35-/m0/s1. The van der Waals surface area contributed by atoms with Crippen molar-refractivity contribution in [1.29, 1.82) is 0 Å². The maximum atomic E-state index is 14.9. The molecule has 0 bridgehead atoms. The van der Waals surface area contributed by atoms with Crippen molar-refractivity contribution in [2.75, 3.05) is 33.3 Å². The molecule has 1 aromatic heterocycles. The SMILES string of the molecule is CN1CCC(c2ccccc2)(c2cc(CCCOc3ccc(CNC[C@H](O)c4ccc(O)c5[nH]c(=O)ccc45)cc3F)ccc2O)CC1. The number of fused-ring (bicyclic) bond motifs is 1. The van der Waals surface area contributed by atoms with Crippen LogP contribution in [0.15, 0.2) is 95.8 Å². The summed E-state index contributed by atoms with van der Waals surface area (Å²) >= 11 is 0. The van der Waals surface area contributed by atoms with E-state index in [0.29, 0.717) is 41.8 Å². The van der Waals surface area contributed by atoms with E-state index in [9.17, 15) is 24.5 Å². The third-order valence-corrected chi connectivity index (χ3v) is 9.54. The number of aryl methyl sites for hydroxylation is 1. The van der Waals surface area contributed by atoms with Gasteiger partial charge < -0.3 is 35.3 Å². The van der Waals surface area contributed by atoms with Crippen molar-refractivity contribution >= 4 is 10.9 Å². The van der Waals surface area contributed by atoms with Gasteiger partial charge in [-0.25, -0.2) is 4.39 Å². The molecule has 0 spiro atoms. The molecule has 8 nitrogen and oxygen atoms in total. The molecule has 0 saturated carbocycles. The van der Waals surface area contributed by atoms with Crippen molar-refractivity contribution in [3.63, 3.8) is 0 Å². The Morgan fingerprint density at radius 1 is 0.938 bits per heavy atom. The quantitative estimate of drug-likeness (QED) is 0.106. The number of benzene rings is 4. The average Bonchev–Trinajstić information content (AvgIpc) is 3.09. The minimum Gasteiger partial charge on any atom is -0.508 e. The Balaban J connectivity index is 1.03. The highest BCUT2D eigenvalue weighted by atomic mass is 19.1. The molecule has 250 valence electrons. The number of phenols is 2. The van der Waals surface area contributed by atoms with Gasteiger partial charge in [0.15, 0.2) is 11.6 Å². The summed E-state index contributed by atoms with van der Waals surface area (Å²) in [4.78, 5) is 16.6. The Morgan fingerprint density at radius 3 is 2.46 bits per heavy atom. The number of aromatic nitrogens is 1. The molecular formula is C39H42FN3O5. The summed E-state index contributed by atoms with van der Waals surface area (Å²) in [7, 11) is 2.14. The summed E-state index contributed by atoms with van der Waals surface area (Å²) < 4.78 is 20.8. The number of halogens is 1. The van der Waals surface area contributed by atoms with Crippen molar-refractivity contribution in [2.45, 2.75) is 43.7 Å². The molecule has 0 amide bonds. The maximum absolute atomic E-state index is 14.9. The molecule has 6 rings (SSSR count). The predicted octanol–water partition coefficient (Wildman–Crippen LogP) is 5.92. The van der Waals surface area contributed by atoms with Crippen LogP contribution in [-0.2, 0) is 18.4 Å². The second-order valence-corrected chi connectivity index (χ2v) is 12.8. The van der Waals surface area contributed by atoms with E-state index in [-0.39, 0.29) is 34.5 Å². The Labute approximate surface area is 279 Å². The smallest absolute Gasteiger partial charge is 0.248 e. The van der Waals surface area contributed by atoms with E-state index in [2.05, 4.69) is 52.6 Å². The summed E-state index contributed by atoms with van der Waals surface area (Å²) in [5.74, 6) is -0.0222. The fourth-order valence-electron chi connectivity index (χ4n) is 6.84. The first-order chi connectivity index (χ1) is 23.2. The number of hydrogen-bond donors (Lipinski definition) is 5. The van der Waals surface area contributed by atoms with Crippen molar-refractivity contribution in [2.24, 2.45) is 0 Å². The number of nitrogens with one attached hydrogen (secondary N) is 2. The highest BCUT2D eigenvalue weighted by Crippen LogP contribution is 2.45.